The van der Waals surface area contributed by atoms with Gasteiger partial charge in [-0.2, -0.15) is 0 Å². The second kappa shape index (κ2) is 5.35. The van der Waals surface area contributed by atoms with E-state index in [0.717, 1.165) is 0 Å². The van der Waals surface area contributed by atoms with Crippen molar-refractivity contribution < 1.29 is 27.4 Å². The van der Waals surface area contributed by atoms with Crippen molar-refractivity contribution in [2.45, 2.75) is 30.8 Å². The van der Waals surface area contributed by atoms with Crippen molar-refractivity contribution in [2.24, 2.45) is 0 Å². The van der Waals surface area contributed by atoms with Crippen molar-refractivity contribution in [3.63, 3.8) is 0 Å². The maximum Gasteiger partial charge on any atom is 0.325 e. The number of carbonyl (C=O) groups excluding carboxylic acids is 1. The summed E-state index contributed by atoms with van der Waals surface area (Å²) in [5.41, 5.74) is 0. The molecule has 2 aliphatic rings. The lowest BCUT2D eigenvalue weighted by Crippen LogP contribution is -2.50. The van der Waals surface area contributed by atoms with E-state index in [1.807, 2.05) is 0 Å². The molecular formula is C11H19NO6S. The molecule has 110 valence electrons. The van der Waals surface area contributed by atoms with E-state index < -0.39 is 27.0 Å². The Labute approximate surface area is 112 Å². The average molecular weight is 293 g/mol. The number of hydrogen-bond acceptors (Lipinski definition) is 6. The highest BCUT2D eigenvalue weighted by Crippen LogP contribution is 2.32. The van der Waals surface area contributed by atoms with Crippen LogP contribution in [-0.2, 0) is 29.0 Å². The van der Waals surface area contributed by atoms with Crippen LogP contribution in [0.15, 0.2) is 0 Å². The third-order valence-electron chi connectivity index (χ3n) is 3.64. The number of methoxy groups -OCH3 is 1. The van der Waals surface area contributed by atoms with Gasteiger partial charge in [0, 0.05) is 25.9 Å². The minimum absolute atomic E-state index is 0.295. The first-order chi connectivity index (χ1) is 8.91. The summed E-state index contributed by atoms with van der Waals surface area (Å²) < 4.78 is 41.3. The zero-order valence-electron chi connectivity index (χ0n) is 11.1. The molecule has 0 radical (unpaired) electrons. The highest BCUT2D eigenvalue weighted by atomic mass is 32.2. The van der Waals surface area contributed by atoms with Crippen LogP contribution in [0.1, 0.15) is 19.8 Å². The molecule has 0 aromatic heterocycles. The Balaban J connectivity index is 2.02. The molecule has 0 saturated carbocycles. The Morgan fingerprint density at radius 1 is 1.26 bits per heavy atom. The van der Waals surface area contributed by atoms with Gasteiger partial charge in [-0.25, -0.2) is 12.7 Å². The normalized spacial score (nSPS) is 25.4. The van der Waals surface area contributed by atoms with Crippen molar-refractivity contribution in [3.05, 3.63) is 0 Å². The summed E-state index contributed by atoms with van der Waals surface area (Å²) >= 11 is 0. The van der Waals surface area contributed by atoms with Gasteiger partial charge < -0.3 is 14.2 Å². The lowest BCUT2D eigenvalue weighted by Gasteiger charge is -2.37. The Bertz CT molecular complexity index is 432. The number of carbonyl (C=O) groups is 1. The fourth-order valence-electron chi connectivity index (χ4n) is 2.38. The van der Waals surface area contributed by atoms with E-state index in [4.69, 9.17) is 9.47 Å². The lowest BCUT2D eigenvalue weighted by molar-refractivity contribution is -0.179. The number of sulfonamides is 1. The van der Waals surface area contributed by atoms with E-state index in [1.54, 1.807) is 0 Å². The molecule has 2 heterocycles. The number of esters is 1. The van der Waals surface area contributed by atoms with Gasteiger partial charge in [-0.15, -0.1) is 0 Å². The van der Waals surface area contributed by atoms with Gasteiger partial charge in [0.15, 0.2) is 11.0 Å². The highest BCUT2D eigenvalue weighted by Gasteiger charge is 2.44. The first-order valence-electron chi connectivity index (χ1n) is 6.26. The number of rotatable bonds is 3. The standard InChI is InChI=1S/C11H19NO6S/c1-9(10(13)16-2)19(14,15)12-5-3-11(4-6-12)17-7-8-18-11/h9H,3-8H2,1-2H3. The van der Waals surface area contributed by atoms with Crippen LogP contribution in [0.5, 0.6) is 0 Å². The molecule has 0 aliphatic carbocycles. The minimum Gasteiger partial charge on any atom is -0.468 e. The number of hydrogen-bond donors (Lipinski definition) is 0. The summed E-state index contributed by atoms with van der Waals surface area (Å²) in [7, 11) is -2.49. The minimum atomic E-state index is -3.67. The Hall–Kier alpha value is -0.700. The van der Waals surface area contributed by atoms with Crippen molar-refractivity contribution in [3.8, 4) is 0 Å². The molecule has 2 fully saturated rings. The molecule has 8 heteroatoms. The smallest absolute Gasteiger partial charge is 0.325 e. The van der Waals surface area contributed by atoms with E-state index in [0.29, 0.717) is 39.1 Å². The van der Waals surface area contributed by atoms with Crippen LogP contribution in [0.3, 0.4) is 0 Å². The molecule has 0 N–H and O–H groups in total. The zero-order valence-corrected chi connectivity index (χ0v) is 11.9. The average Bonchev–Trinajstić information content (AvgIpc) is 2.85. The van der Waals surface area contributed by atoms with Gasteiger partial charge in [-0.3, -0.25) is 4.79 Å². The molecule has 2 saturated heterocycles. The molecule has 7 nitrogen and oxygen atoms in total. The quantitative estimate of drug-likeness (QED) is 0.665. The molecule has 1 spiro atoms. The number of nitrogens with zero attached hydrogens (tertiary/aromatic N) is 1. The summed E-state index contributed by atoms with van der Waals surface area (Å²) in [5.74, 6) is -1.37. The highest BCUT2D eigenvalue weighted by molar-refractivity contribution is 7.90. The maximum absolute atomic E-state index is 12.2. The predicted molar refractivity (Wildman–Crippen MR) is 65.8 cm³/mol. The van der Waals surface area contributed by atoms with Crippen LogP contribution >= 0.6 is 0 Å². The molecule has 0 aromatic rings. The molecule has 2 rings (SSSR count). The Morgan fingerprint density at radius 2 is 1.79 bits per heavy atom. The molecule has 1 unspecified atom stereocenters. The molecule has 0 amide bonds. The van der Waals surface area contributed by atoms with E-state index in [2.05, 4.69) is 4.74 Å². The molecule has 0 aromatic carbocycles. The zero-order chi connectivity index (χ0) is 14.1. The van der Waals surface area contributed by atoms with Gasteiger partial charge in [0.05, 0.1) is 20.3 Å². The van der Waals surface area contributed by atoms with Crippen LogP contribution in [-0.4, -0.2) is 63.1 Å². The summed E-state index contributed by atoms with van der Waals surface area (Å²) in [6, 6.07) is 0. The van der Waals surface area contributed by atoms with E-state index in [9.17, 15) is 13.2 Å². The fourth-order valence-corrected chi connectivity index (χ4v) is 3.86. The summed E-state index contributed by atoms with van der Waals surface area (Å²) in [6.45, 7) is 3.03. The Kier molecular flexibility index (Phi) is 4.14. The third kappa shape index (κ3) is 2.76. The second-order valence-electron chi connectivity index (χ2n) is 4.72. The Morgan fingerprint density at radius 3 is 2.26 bits per heavy atom. The third-order valence-corrected chi connectivity index (χ3v) is 5.81. The van der Waals surface area contributed by atoms with Crippen LogP contribution in [0.2, 0.25) is 0 Å². The van der Waals surface area contributed by atoms with Crippen LogP contribution < -0.4 is 0 Å². The number of ether oxygens (including phenoxy) is 3. The fraction of sp³-hybridized carbons (Fsp3) is 0.909. The first kappa shape index (κ1) is 14.7. The summed E-state index contributed by atoms with van der Waals surface area (Å²) in [5, 5.41) is -1.18. The van der Waals surface area contributed by atoms with E-state index in [-0.39, 0.29) is 0 Å². The summed E-state index contributed by atoms with van der Waals surface area (Å²) in [4.78, 5) is 11.4. The SMILES string of the molecule is COC(=O)C(C)S(=O)(=O)N1CCC2(CC1)OCCO2. The predicted octanol–water partition coefficient (Wildman–Crippen LogP) is -0.283. The second-order valence-corrected chi connectivity index (χ2v) is 6.97. The van der Waals surface area contributed by atoms with Gasteiger partial charge in [-0.05, 0) is 6.92 Å². The van der Waals surface area contributed by atoms with Crippen LogP contribution in [0.25, 0.3) is 0 Å². The van der Waals surface area contributed by atoms with Crippen molar-refractivity contribution >= 4 is 16.0 Å². The maximum atomic E-state index is 12.2. The molecular weight excluding hydrogens is 274 g/mol. The van der Waals surface area contributed by atoms with Crippen molar-refractivity contribution in [1.29, 1.82) is 0 Å². The first-order valence-corrected chi connectivity index (χ1v) is 7.76. The monoisotopic (exact) mass is 293 g/mol. The number of piperidine rings is 1. The van der Waals surface area contributed by atoms with E-state index >= 15 is 0 Å². The van der Waals surface area contributed by atoms with Gasteiger partial charge in [0.2, 0.25) is 10.0 Å². The van der Waals surface area contributed by atoms with Gasteiger partial charge in [0.1, 0.15) is 0 Å². The topological polar surface area (TPSA) is 82.1 Å². The van der Waals surface area contributed by atoms with Crippen LogP contribution in [0.4, 0.5) is 0 Å². The van der Waals surface area contributed by atoms with Gasteiger partial charge in [0.25, 0.3) is 0 Å². The van der Waals surface area contributed by atoms with Crippen molar-refractivity contribution in [1.82, 2.24) is 4.31 Å². The summed E-state index contributed by atoms with van der Waals surface area (Å²) in [6.07, 6.45) is 0.972. The molecule has 19 heavy (non-hydrogen) atoms. The van der Waals surface area contributed by atoms with Gasteiger partial charge in [-0.1, -0.05) is 0 Å². The van der Waals surface area contributed by atoms with Crippen LogP contribution in [0, 0.1) is 0 Å². The molecule has 2 aliphatic heterocycles. The largest absolute Gasteiger partial charge is 0.468 e. The van der Waals surface area contributed by atoms with E-state index in [1.165, 1.54) is 18.3 Å². The van der Waals surface area contributed by atoms with Crippen molar-refractivity contribution in [2.75, 3.05) is 33.4 Å². The molecule has 0 bridgehead atoms. The lowest BCUT2D eigenvalue weighted by atomic mass is 10.1. The molecule has 1 atom stereocenters. The van der Waals surface area contributed by atoms with Gasteiger partial charge >= 0.3 is 5.97 Å².